The lowest BCUT2D eigenvalue weighted by Gasteiger charge is -2.21. The van der Waals surface area contributed by atoms with E-state index < -0.39 is 22.4 Å². The van der Waals surface area contributed by atoms with Crippen molar-refractivity contribution in [3.05, 3.63) is 45.0 Å². The number of halogens is 1. The number of hydrogen-bond donors (Lipinski definition) is 0. The molecule has 0 fully saturated rings. The van der Waals surface area contributed by atoms with E-state index in [-0.39, 0.29) is 0 Å². The molecular weight excluding hydrogens is 302 g/mol. The Labute approximate surface area is 126 Å². The van der Waals surface area contributed by atoms with Crippen LogP contribution in [0.1, 0.15) is 31.9 Å². The van der Waals surface area contributed by atoms with E-state index in [0.29, 0.717) is 16.3 Å². The fourth-order valence-corrected chi connectivity index (χ4v) is 2.88. The summed E-state index contributed by atoms with van der Waals surface area (Å²) in [5.41, 5.74) is 0.453. The van der Waals surface area contributed by atoms with Crippen LogP contribution in [-0.2, 0) is 9.53 Å². The van der Waals surface area contributed by atoms with E-state index in [1.807, 2.05) is 6.92 Å². The van der Waals surface area contributed by atoms with E-state index in [0.717, 1.165) is 18.2 Å². The summed E-state index contributed by atoms with van der Waals surface area (Å²) >= 11 is 7.21. The molecule has 2 atom stereocenters. The summed E-state index contributed by atoms with van der Waals surface area (Å²) in [7, 11) is 0. The Bertz CT molecular complexity index is 483. The Morgan fingerprint density at radius 1 is 1.50 bits per heavy atom. The summed E-state index contributed by atoms with van der Waals surface area (Å²) in [5.74, 6) is 0.0345. The molecule has 0 bridgehead atoms. The molecule has 0 aromatic heterocycles. The van der Waals surface area contributed by atoms with Crippen molar-refractivity contribution < 1.29 is 14.5 Å². The molecule has 1 rings (SSSR count). The van der Waals surface area contributed by atoms with Crippen molar-refractivity contribution in [1.29, 1.82) is 0 Å². The maximum atomic E-state index is 11.3. The number of carbonyl (C=O) groups excluding carboxylic acids is 1. The summed E-state index contributed by atoms with van der Waals surface area (Å²) in [4.78, 5) is 22.1. The third-order valence-electron chi connectivity index (χ3n) is 2.46. The molecule has 0 spiro atoms. The topological polar surface area (TPSA) is 69.4 Å². The van der Waals surface area contributed by atoms with Crippen molar-refractivity contribution in [2.24, 2.45) is 0 Å². The minimum atomic E-state index is -1.07. The van der Waals surface area contributed by atoms with Crippen molar-refractivity contribution in [3.63, 3.8) is 0 Å². The average molecular weight is 318 g/mol. The Balaban J connectivity index is 3.12. The number of thioether (sulfide) groups is 1. The molecule has 0 radical (unpaired) electrons. The van der Waals surface area contributed by atoms with Crippen molar-refractivity contribution in [1.82, 2.24) is 0 Å². The van der Waals surface area contributed by atoms with E-state index in [2.05, 4.69) is 0 Å². The predicted octanol–water partition coefficient (Wildman–Crippen LogP) is 3.69. The normalized spacial score (nSPS) is 13.6. The number of nitrogens with zero attached hydrogens (tertiary/aromatic N) is 1. The highest BCUT2D eigenvalue weighted by Gasteiger charge is 2.37. The van der Waals surface area contributed by atoms with Crippen molar-refractivity contribution >= 4 is 29.3 Å². The van der Waals surface area contributed by atoms with E-state index in [4.69, 9.17) is 16.3 Å². The number of esters is 1. The van der Waals surface area contributed by atoms with Gasteiger partial charge in [-0.05, 0) is 18.2 Å². The second-order valence-corrected chi connectivity index (χ2v) is 5.73. The lowest BCUT2D eigenvalue weighted by molar-refractivity contribution is -0.507. The molecule has 0 aliphatic rings. The fourth-order valence-electron chi connectivity index (χ4n) is 1.66. The molecule has 0 aliphatic carbocycles. The number of benzene rings is 1. The van der Waals surface area contributed by atoms with Crippen LogP contribution in [0.25, 0.3) is 0 Å². The first-order valence-electron chi connectivity index (χ1n) is 6.14. The van der Waals surface area contributed by atoms with Gasteiger partial charge in [0.15, 0.2) is 0 Å². The van der Waals surface area contributed by atoms with Gasteiger partial charge in [-0.1, -0.05) is 48.5 Å². The fraction of sp³-hybridized carbons (Fsp3) is 0.462. The molecule has 1 aromatic rings. The van der Waals surface area contributed by atoms with Crippen LogP contribution < -0.4 is 0 Å². The molecule has 7 heteroatoms. The number of hydrogen-bond acceptors (Lipinski definition) is 5. The summed E-state index contributed by atoms with van der Waals surface area (Å²) < 4.78 is 5.15. The minimum absolute atomic E-state index is 0.350. The van der Waals surface area contributed by atoms with Crippen LogP contribution in [0.5, 0.6) is 0 Å². The molecule has 0 N–H and O–H groups in total. The summed E-state index contributed by atoms with van der Waals surface area (Å²) in [6, 6.07) is 6.68. The Kier molecular flexibility index (Phi) is 6.81. The molecular formula is C13H16ClNO4S. The van der Waals surface area contributed by atoms with E-state index in [1.165, 1.54) is 6.92 Å². The van der Waals surface area contributed by atoms with Crippen LogP contribution in [0.2, 0.25) is 5.02 Å². The number of ether oxygens (including phenoxy) is 1. The zero-order valence-corrected chi connectivity index (χ0v) is 12.8. The van der Waals surface area contributed by atoms with Gasteiger partial charge in [-0.3, -0.25) is 14.9 Å². The largest absolute Gasteiger partial charge is 0.449 e. The number of nitro groups is 1. The van der Waals surface area contributed by atoms with Crippen LogP contribution in [-0.4, -0.2) is 22.0 Å². The molecule has 5 nitrogen and oxygen atoms in total. The highest BCUT2D eigenvalue weighted by atomic mass is 35.5. The van der Waals surface area contributed by atoms with Gasteiger partial charge in [0.25, 0.3) is 5.37 Å². The SMILES string of the molecule is CCCS[C@H]([C@H](OC(C)=O)c1ccccc1Cl)[N+](=O)[O-]. The summed E-state index contributed by atoms with van der Waals surface area (Å²) in [6.07, 6.45) is -0.197. The summed E-state index contributed by atoms with van der Waals surface area (Å²) in [5, 5.41) is 10.5. The molecule has 0 saturated carbocycles. The number of rotatable bonds is 7. The maximum Gasteiger partial charge on any atom is 0.303 e. The second kappa shape index (κ2) is 8.11. The third kappa shape index (κ3) is 4.68. The van der Waals surface area contributed by atoms with Gasteiger partial charge < -0.3 is 4.74 Å². The van der Waals surface area contributed by atoms with Crippen LogP contribution in [0.4, 0.5) is 0 Å². The lowest BCUT2D eigenvalue weighted by Crippen LogP contribution is -2.28. The van der Waals surface area contributed by atoms with Gasteiger partial charge in [0.05, 0.1) is 0 Å². The third-order valence-corrected chi connectivity index (χ3v) is 4.21. The molecule has 110 valence electrons. The highest BCUT2D eigenvalue weighted by molar-refractivity contribution is 7.99. The van der Waals surface area contributed by atoms with Gasteiger partial charge in [-0.2, -0.15) is 0 Å². The number of carbonyl (C=O) groups is 1. The summed E-state index contributed by atoms with van der Waals surface area (Å²) in [6.45, 7) is 3.16. The lowest BCUT2D eigenvalue weighted by atomic mass is 10.1. The zero-order chi connectivity index (χ0) is 15.1. The molecule has 20 heavy (non-hydrogen) atoms. The molecule has 0 unspecified atom stereocenters. The van der Waals surface area contributed by atoms with Crippen LogP contribution in [0, 0.1) is 10.1 Å². The highest BCUT2D eigenvalue weighted by Crippen LogP contribution is 2.34. The van der Waals surface area contributed by atoms with Crippen molar-refractivity contribution in [2.45, 2.75) is 31.7 Å². The van der Waals surface area contributed by atoms with Gasteiger partial charge in [-0.25, -0.2) is 0 Å². The van der Waals surface area contributed by atoms with Crippen molar-refractivity contribution in [3.8, 4) is 0 Å². The second-order valence-electron chi connectivity index (χ2n) is 4.10. The molecule has 1 aromatic carbocycles. The van der Waals surface area contributed by atoms with Crippen molar-refractivity contribution in [2.75, 3.05) is 5.75 Å². The van der Waals surface area contributed by atoms with E-state index in [1.54, 1.807) is 24.3 Å². The first kappa shape index (κ1) is 16.8. The molecule has 0 aliphatic heterocycles. The zero-order valence-electron chi connectivity index (χ0n) is 11.2. The Morgan fingerprint density at radius 2 is 2.15 bits per heavy atom. The van der Waals surface area contributed by atoms with Crippen LogP contribution >= 0.6 is 23.4 Å². The minimum Gasteiger partial charge on any atom is -0.449 e. The van der Waals surface area contributed by atoms with Crippen LogP contribution in [0.15, 0.2) is 24.3 Å². The molecule has 0 amide bonds. The van der Waals surface area contributed by atoms with Crippen LogP contribution in [0.3, 0.4) is 0 Å². The predicted molar refractivity (Wildman–Crippen MR) is 79.5 cm³/mol. The van der Waals surface area contributed by atoms with E-state index >= 15 is 0 Å². The van der Waals surface area contributed by atoms with Gasteiger partial charge in [0, 0.05) is 22.4 Å². The maximum absolute atomic E-state index is 11.3. The first-order valence-corrected chi connectivity index (χ1v) is 7.56. The standard InChI is InChI=1S/C13H16ClNO4S/c1-3-8-20-13(15(17)18)12(19-9(2)16)10-6-4-5-7-11(10)14/h4-7,12-13H,3,8H2,1-2H3/t12-,13-/m1/s1. The Morgan fingerprint density at radius 3 is 2.65 bits per heavy atom. The van der Waals surface area contributed by atoms with Gasteiger partial charge in [0.1, 0.15) is 0 Å². The van der Waals surface area contributed by atoms with E-state index in [9.17, 15) is 14.9 Å². The molecule has 0 heterocycles. The van der Waals surface area contributed by atoms with Gasteiger partial charge >= 0.3 is 5.97 Å². The van der Waals surface area contributed by atoms with Gasteiger partial charge in [0.2, 0.25) is 6.10 Å². The van der Waals surface area contributed by atoms with Gasteiger partial charge in [-0.15, -0.1) is 0 Å². The smallest absolute Gasteiger partial charge is 0.303 e. The monoisotopic (exact) mass is 317 g/mol. The quantitative estimate of drug-likeness (QED) is 0.332. The average Bonchev–Trinajstić information content (AvgIpc) is 2.37. The first-order chi connectivity index (χ1) is 9.47. The molecule has 0 saturated heterocycles. The Hall–Kier alpha value is -1.27.